The Kier molecular flexibility index (Phi) is 5.29. The molecule has 0 aromatic heterocycles. The largest absolute Gasteiger partial charge is 0.495 e. The molecule has 0 heterocycles. The van der Waals surface area contributed by atoms with E-state index < -0.39 is 16.0 Å². The smallest absolute Gasteiger partial charge is 0.335 e. The predicted molar refractivity (Wildman–Crippen MR) is 74.6 cm³/mol. The molecular weight excluding hydrogens is 282 g/mol. The van der Waals surface area contributed by atoms with Crippen LogP contribution in [-0.2, 0) is 10.0 Å². The van der Waals surface area contributed by atoms with Gasteiger partial charge in [0.25, 0.3) is 0 Å². The Labute approximate surface area is 118 Å². The highest BCUT2D eigenvalue weighted by Crippen LogP contribution is 2.27. The van der Waals surface area contributed by atoms with Crippen LogP contribution in [0, 0.1) is 0 Å². The van der Waals surface area contributed by atoms with Crippen molar-refractivity contribution in [1.29, 1.82) is 0 Å². The standard InChI is InChI=1S/C13H17NO5S/c1-4-8-14(5-2)20(17,18)12-7-6-10(13(15)16)9-11(12)19-3/h4,6-7,9H,1,5,8H2,2-3H3,(H,15,16). The van der Waals surface area contributed by atoms with Crippen LogP contribution in [0.5, 0.6) is 5.75 Å². The van der Waals surface area contributed by atoms with Gasteiger partial charge >= 0.3 is 5.97 Å². The summed E-state index contributed by atoms with van der Waals surface area (Å²) in [7, 11) is -2.46. The number of rotatable bonds is 7. The third-order valence-corrected chi connectivity index (χ3v) is 4.69. The lowest BCUT2D eigenvalue weighted by Crippen LogP contribution is -2.31. The minimum atomic E-state index is -3.75. The molecule has 1 N–H and O–H groups in total. The molecule has 1 aromatic carbocycles. The van der Waals surface area contributed by atoms with Gasteiger partial charge in [0, 0.05) is 13.1 Å². The number of carboxylic acid groups (broad SMARTS) is 1. The number of sulfonamides is 1. The molecule has 20 heavy (non-hydrogen) atoms. The summed E-state index contributed by atoms with van der Waals surface area (Å²) in [5, 5.41) is 8.91. The zero-order chi connectivity index (χ0) is 15.3. The highest BCUT2D eigenvalue weighted by Gasteiger charge is 2.26. The molecule has 0 spiro atoms. The third kappa shape index (κ3) is 3.17. The first-order valence-corrected chi connectivity index (χ1v) is 7.34. The summed E-state index contributed by atoms with van der Waals surface area (Å²) >= 11 is 0. The lowest BCUT2D eigenvalue weighted by Gasteiger charge is -2.20. The first-order valence-electron chi connectivity index (χ1n) is 5.90. The molecule has 6 nitrogen and oxygen atoms in total. The maximum atomic E-state index is 12.5. The molecule has 0 bridgehead atoms. The van der Waals surface area contributed by atoms with Crippen LogP contribution in [0.25, 0.3) is 0 Å². The Morgan fingerprint density at radius 3 is 2.60 bits per heavy atom. The predicted octanol–water partition coefficient (Wildman–Crippen LogP) is 1.59. The molecule has 1 rings (SSSR count). The van der Waals surface area contributed by atoms with E-state index in [0.717, 1.165) is 0 Å². The zero-order valence-corrected chi connectivity index (χ0v) is 12.2. The number of carboxylic acids is 1. The molecular formula is C13H17NO5S. The van der Waals surface area contributed by atoms with Crippen molar-refractivity contribution in [3.05, 3.63) is 36.4 Å². The molecule has 0 fully saturated rings. The van der Waals surface area contributed by atoms with Crippen LogP contribution in [0.4, 0.5) is 0 Å². The zero-order valence-electron chi connectivity index (χ0n) is 11.4. The van der Waals surface area contributed by atoms with E-state index in [1.54, 1.807) is 6.92 Å². The van der Waals surface area contributed by atoms with E-state index in [0.29, 0.717) is 0 Å². The van der Waals surface area contributed by atoms with Gasteiger partial charge in [0.15, 0.2) is 0 Å². The Balaban J connectivity index is 3.37. The summed E-state index contributed by atoms with van der Waals surface area (Å²) < 4.78 is 31.2. The van der Waals surface area contributed by atoms with E-state index >= 15 is 0 Å². The molecule has 0 saturated heterocycles. The molecule has 0 unspecified atom stereocenters. The Morgan fingerprint density at radius 2 is 2.15 bits per heavy atom. The second kappa shape index (κ2) is 6.53. The van der Waals surface area contributed by atoms with Gasteiger partial charge in [0.2, 0.25) is 10.0 Å². The lowest BCUT2D eigenvalue weighted by atomic mass is 10.2. The Morgan fingerprint density at radius 1 is 1.50 bits per heavy atom. The van der Waals surface area contributed by atoms with Crippen molar-refractivity contribution in [3.8, 4) is 5.75 Å². The van der Waals surface area contributed by atoms with E-state index in [1.165, 1.54) is 35.7 Å². The number of aromatic carboxylic acids is 1. The third-order valence-electron chi connectivity index (χ3n) is 2.71. The van der Waals surface area contributed by atoms with Gasteiger partial charge in [-0.05, 0) is 18.2 Å². The second-order valence-corrected chi connectivity index (χ2v) is 5.82. The molecule has 0 atom stereocenters. The number of nitrogens with zero attached hydrogens (tertiary/aromatic N) is 1. The second-order valence-electron chi connectivity index (χ2n) is 3.92. The molecule has 0 radical (unpaired) electrons. The number of carbonyl (C=O) groups is 1. The van der Waals surface area contributed by atoms with Crippen LogP contribution in [0.15, 0.2) is 35.7 Å². The first-order chi connectivity index (χ1) is 9.38. The maximum absolute atomic E-state index is 12.5. The number of ether oxygens (including phenoxy) is 1. The molecule has 110 valence electrons. The van der Waals surface area contributed by atoms with Crippen LogP contribution < -0.4 is 4.74 Å². The van der Waals surface area contributed by atoms with Gasteiger partial charge in [-0.1, -0.05) is 13.0 Å². The summed E-state index contributed by atoms with van der Waals surface area (Å²) in [5.74, 6) is -1.14. The number of benzene rings is 1. The monoisotopic (exact) mass is 299 g/mol. The lowest BCUT2D eigenvalue weighted by molar-refractivity contribution is 0.0696. The van der Waals surface area contributed by atoms with Crippen LogP contribution in [0.2, 0.25) is 0 Å². The number of hydrogen-bond donors (Lipinski definition) is 1. The molecule has 0 aliphatic carbocycles. The molecule has 0 saturated carbocycles. The Bertz CT molecular complexity index is 609. The van der Waals surface area contributed by atoms with Crippen LogP contribution in [-0.4, -0.2) is 44.0 Å². The van der Waals surface area contributed by atoms with Crippen LogP contribution >= 0.6 is 0 Å². The highest BCUT2D eigenvalue weighted by atomic mass is 32.2. The van der Waals surface area contributed by atoms with Crippen LogP contribution in [0.3, 0.4) is 0 Å². The minimum absolute atomic E-state index is 0.00686. The first kappa shape index (κ1) is 16.2. The molecule has 0 amide bonds. The van der Waals surface area contributed by atoms with Gasteiger partial charge in [0.1, 0.15) is 10.6 Å². The summed E-state index contributed by atoms with van der Waals surface area (Å²) in [4.78, 5) is 10.8. The van der Waals surface area contributed by atoms with Gasteiger partial charge in [0.05, 0.1) is 12.7 Å². The average Bonchev–Trinajstić information content (AvgIpc) is 2.43. The minimum Gasteiger partial charge on any atom is -0.495 e. The molecule has 7 heteroatoms. The Hall–Kier alpha value is -1.86. The van der Waals surface area contributed by atoms with Crippen molar-refractivity contribution in [3.63, 3.8) is 0 Å². The fourth-order valence-electron chi connectivity index (χ4n) is 1.69. The van der Waals surface area contributed by atoms with Gasteiger partial charge in [-0.3, -0.25) is 0 Å². The number of likely N-dealkylation sites (N-methyl/N-ethyl adjacent to an activating group) is 1. The maximum Gasteiger partial charge on any atom is 0.335 e. The SMILES string of the molecule is C=CCN(CC)S(=O)(=O)c1ccc(C(=O)O)cc1OC. The fourth-order valence-corrected chi connectivity index (χ4v) is 3.25. The molecule has 0 aliphatic heterocycles. The van der Waals surface area contributed by atoms with Gasteiger partial charge < -0.3 is 9.84 Å². The van der Waals surface area contributed by atoms with Crippen molar-refractivity contribution in [2.75, 3.05) is 20.2 Å². The summed E-state index contributed by atoms with van der Waals surface area (Å²) in [6, 6.07) is 3.67. The van der Waals surface area contributed by atoms with E-state index in [2.05, 4.69) is 6.58 Å². The number of methoxy groups -OCH3 is 1. The van der Waals surface area contributed by atoms with Gasteiger partial charge in [-0.15, -0.1) is 6.58 Å². The van der Waals surface area contributed by atoms with Crippen LogP contribution in [0.1, 0.15) is 17.3 Å². The van der Waals surface area contributed by atoms with Crippen molar-refractivity contribution >= 4 is 16.0 Å². The number of hydrogen-bond acceptors (Lipinski definition) is 4. The molecule has 1 aromatic rings. The van der Waals surface area contributed by atoms with E-state index in [1.807, 2.05) is 0 Å². The van der Waals surface area contributed by atoms with E-state index in [9.17, 15) is 13.2 Å². The van der Waals surface area contributed by atoms with Gasteiger partial charge in [-0.2, -0.15) is 4.31 Å². The van der Waals surface area contributed by atoms with Crippen molar-refractivity contribution < 1.29 is 23.1 Å². The van der Waals surface area contributed by atoms with E-state index in [4.69, 9.17) is 9.84 Å². The van der Waals surface area contributed by atoms with Gasteiger partial charge in [-0.25, -0.2) is 13.2 Å². The topological polar surface area (TPSA) is 83.9 Å². The summed E-state index contributed by atoms with van der Waals surface area (Å²) in [5.41, 5.74) is -0.0347. The quantitative estimate of drug-likeness (QED) is 0.773. The normalized spacial score (nSPS) is 11.3. The highest BCUT2D eigenvalue weighted by molar-refractivity contribution is 7.89. The van der Waals surface area contributed by atoms with Crippen molar-refractivity contribution in [2.45, 2.75) is 11.8 Å². The molecule has 0 aliphatic rings. The van der Waals surface area contributed by atoms with Crippen molar-refractivity contribution in [1.82, 2.24) is 4.31 Å². The fraction of sp³-hybridized carbons (Fsp3) is 0.308. The van der Waals surface area contributed by atoms with E-state index in [-0.39, 0.29) is 29.3 Å². The van der Waals surface area contributed by atoms with Crippen molar-refractivity contribution in [2.24, 2.45) is 0 Å². The average molecular weight is 299 g/mol. The summed E-state index contributed by atoms with van der Waals surface area (Å²) in [6.45, 7) is 5.67. The summed E-state index contributed by atoms with van der Waals surface area (Å²) in [6.07, 6.45) is 1.49.